The van der Waals surface area contributed by atoms with Crippen LogP contribution >= 0.6 is 0 Å². The van der Waals surface area contributed by atoms with Crippen LogP contribution < -0.4 is 14.4 Å². The SMILES string of the molecule is COc1ccc(S(=O)(=O)NCCN(C)c2ccccc2)cc1C(=O)N1CCCCCC1. The molecule has 0 spiro atoms. The molecule has 0 bridgehead atoms. The Balaban J connectivity index is 1.72. The van der Waals surface area contributed by atoms with Gasteiger partial charge in [0.1, 0.15) is 5.75 Å². The fourth-order valence-corrected chi connectivity index (χ4v) is 4.75. The maximum atomic E-state index is 13.1. The van der Waals surface area contributed by atoms with Crippen molar-refractivity contribution in [3.63, 3.8) is 0 Å². The molecule has 0 unspecified atom stereocenters. The fraction of sp³-hybridized carbons (Fsp3) is 0.435. The molecule has 1 aliphatic rings. The van der Waals surface area contributed by atoms with E-state index in [0.717, 1.165) is 31.4 Å². The predicted octanol–water partition coefficient (Wildman–Crippen LogP) is 3.13. The van der Waals surface area contributed by atoms with E-state index in [1.54, 1.807) is 11.0 Å². The second-order valence-electron chi connectivity index (χ2n) is 7.72. The van der Waals surface area contributed by atoms with E-state index in [1.807, 2.05) is 42.3 Å². The molecule has 3 rings (SSSR count). The Morgan fingerprint density at radius 3 is 2.39 bits per heavy atom. The number of benzene rings is 2. The Morgan fingerprint density at radius 1 is 1.06 bits per heavy atom. The number of carbonyl (C=O) groups is 1. The minimum atomic E-state index is -3.76. The van der Waals surface area contributed by atoms with Gasteiger partial charge in [0.15, 0.2) is 0 Å². The highest BCUT2D eigenvalue weighted by Gasteiger charge is 2.24. The average Bonchev–Trinajstić information content (AvgIpc) is 3.08. The number of amides is 1. The van der Waals surface area contributed by atoms with Crippen molar-refractivity contribution in [2.75, 3.05) is 45.2 Å². The summed E-state index contributed by atoms with van der Waals surface area (Å²) in [5.41, 5.74) is 1.30. The Kier molecular flexibility index (Phi) is 7.92. The second-order valence-corrected chi connectivity index (χ2v) is 9.49. The third kappa shape index (κ3) is 5.98. The molecule has 2 aromatic carbocycles. The van der Waals surface area contributed by atoms with Gasteiger partial charge in [-0.2, -0.15) is 0 Å². The van der Waals surface area contributed by atoms with Crippen LogP contribution in [-0.4, -0.2) is 59.6 Å². The predicted molar refractivity (Wildman–Crippen MR) is 122 cm³/mol. The molecule has 1 heterocycles. The Hall–Kier alpha value is -2.58. The molecule has 2 aromatic rings. The highest BCUT2D eigenvalue weighted by atomic mass is 32.2. The Morgan fingerprint density at radius 2 is 1.74 bits per heavy atom. The van der Waals surface area contributed by atoms with Gasteiger partial charge in [0, 0.05) is 38.9 Å². The van der Waals surface area contributed by atoms with Crippen LogP contribution in [0, 0.1) is 0 Å². The number of methoxy groups -OCH3 is 1. The van der Waals surface area contributed by atoms with Crippen LogP contribution in [0.4, 0.5) is 5.69 Å². The van der Waals surface area contributed by atoms with Crippen molar-refractivity contribution < 1.29 is 17.9 Å². The summed E-state index contributed by atoms with van der Waals surface area (Å²) in [4.78, 5) is 16.9. The quantitative estimate of drug-likeness (QED) is 0.675. The van der Waals surface area contributed by atoms with Gasteiger partial charge in [0.2, 0.25) is 10.0 Å². The summed E-state index contributed by atoms with van der Waals surface area (Å²) in [6.45, 7) is 2.13. The van der Waals surface area contributed by atoms with E-state index in [1.165, 1.54) is 19.2 Å². The van der Waals surface area contributed by atoms with Gasteiger partial charge in [0.05, 0.1) is 17.6 Å². The zero-order valence-electron chi connectivity index (χ0n) is 18.2. The number of nitrogens with zero attached hydrogens (tertiary/aromatic N) is 2. The van der Waals surface area contributed by atoms with Gasteiger partial charge >= 0.3 is 0 Å². The summed E-state index contributed by atoms with van der Waals surface area (Å²) in [6.07, 6.45) is 4.14. The van der Waals surface area contributed by atoms with E-state index in [4.69, 9.17) is 4.74 Å². The third-order valence-electron chi connectivity index (χ3n) is 5.54. The van der Waals surface area contributed by atoms with E-state index >= 15 is 0 Å². The van der Waals surface area contributed by atoms with E-state index in [-0.39, 0.29) is 22.9 Å². The first-order chi connectivity index (χ1) is 14.9. The summed E-state index contributed by atoms with van der Waals surface area (Å²) in [5, 5.41) is 0. The maximum Gasteiger partial charge on any atom is 0.257 e. The Labute approximate surface area is 185 Å². The molecule has 1 saturated heterocycles. The molecule has 0 atom stereocenters. The molecule has 31 heavy (non-hydrogen) atoms. The minimum Gasteiger partial charge on any atom is -0.496 e. The number of rotatable bonds is 8. The zero-order valence-corrected chi connectivity index (χ0v) is 19.0. The highest BCUT2D eigenvalue weighted by Crippen LogP contribution is 2.25. The third-order valence-corrected chi connectivity index (χ3v) is 7.00. The van der Waals surface area contributed by atoms with Crippen LogP contribution in [0.25, 0.3) is 0 Å². The first-order valence-electron chi connectivity index (χ1n) is 10.7. The molecule has 7 nitrogen and oxygen atoms in total. The lowest BCUT2D eigenvalue weighted by atomic mass is 10.1. The molecule has 1 N–H and O–H groups in total. The normalized spacial score (nSPS) is 14.7. The van der Waals surface area contributed by atoms with Crippen molar-refractivity contribution in [3.05, 3.63) is 54.1 Å². The lowest BCUT2D eigenvalue weighted by molar-refractivity contribution is 0.0758. The van der Waals surface area contributed by atoms with Gasteiger partial charge in [-0.05, 0) is 43.2 Å². The first-order valence-corrected chi connectivity index (χ1v) is 12.1. The summed E-state index contributed by atoms with van der Waals surface area (Å²) in [5.74, 6) is 0.205. The second kappa shape index (κ2) is 10.6. The molecular formula is C23H31N3O4S. The first kappa shape index (κ1) is 23.1. The highest BCUT2D eigenvalue weighted by molar-refractivity contribution is 7.89. The van der Waals surface area contributed by atoms with Crippen LogP contribution in [0.5, 0.6) is 5.75 Å². The molecule has 1 fully saturated rings. The number of nitrogens with one attached hydrogen (secondary N) is 1. The molecule has 0 radical (unpaired) electrons. The molecule has 0 aliphatic carbocycles. The van der Waals surface area contributed by atoms with Crippen molar-refractivity contribution in [2.24, 2.45) is 0 Å². The van der Waals surface area contributed by atoms with Crippen LogP contribution in [0.3, 0.4) is 0 Å². The number of hydrogen-bond donors (Lipinski definition) is 1. The van der Waals surface area contributed by atoms with Crippen molar-refractivity contribution in [3.8, 4) is 5.75 Å². The number of sulfonamides is 1. The van der Waals surface area contributed by atoms with Crippen LogP contribution in [0.1, 0.15) is 36.0 Å². The van der Waals surface area contributed by atoms with Gasteiger partial charge in [-0.1, -0.05) is 31.0 Å². The largest absolute Gasteiger partial charge is 0.496 e. The lowest BCUT2D eigenvalue weighted by Gasteiger charge is -2.22. The van der Waals surface area contributed by atoms with Gasteiger partial charge < -0.3 is 14.5 Å². The summed E-state index contributed by atoms with van der Waals surface area (Å²) < 4.78 is 33.7. The minimum absolute atomic E-state index is 0.0637. The molecule has 0 aromatic heterocycles. The average molecular weight is 446 g/mol. The molecule has 8 heteroatoms. The number of para-hydroxylation sites is 1. The molecular weight excluding hydrogens is 414 g/mol. The zero-order chi connectivity index (χ0) is 22.3. The molecule has 1 amide bonds. The summed E-state index contributed by atoms with van der Waals surface area (Å²) in [7, 11) is -0.362. The topological polar surface area (TPSA) is 79.0 Å². The van der Waals surface area contributed by atoms with E-state index in [2.05, 4.69) is 4.72 Å². The van der Waals surface area contributed by atoms with Crippen LogP contribution in [0.15, 0.2) is 53.4 Å². The smallest absolute Gasteiger partial charge is 0.257 e. The van der Waals surface area contributed by atoms with E-state index in [0.29, 0.717) is 25.4 Å². The van der Waals surface area contributed by atoms with E-state index in [9.17, 15) is 13.2 Å². The van der Waals surface area contributed by atoms with Gasteiger partial charge in [-0.3, -0.25) is 4.79 Å². The van der Waals surface area contributed by atoms with Crippen molar-refractivity contribution >= 4 is 21.6 Å². The lowest BCUT2D eigenvalue weighted by Crippen LogP contribution is -2.34. The standard InChI is InChI=1S/C23H31N3O4S/c1-25(19-10-6-5-7-11-19)17-14-24-31(28,29)20-12-13-22(30-2)21(18-20)23(27)26-15-8-3-4-9-16-26/h5-7,10-13,18,24H,3-4,8-9,14-17H2,1-2H3. The molecule has 168 valence electrons. The van der Waals surface area contributed by atoms with Gasteiger partial charge in [0.25, 0.3) is 5.91 Å². The van der Waals surface area contributed by atoms with E-state index < -0.39 is 10.0 Å². The number of ether oxygens (including phenoxy) is 1. The van der Waals surface area contributed by atoms with Gasteiger partial charge in [-0.15, -0.1) is 0 Å². The number of likely N-dealkylation sites (N-methyl/N-ethyl adjacent to an activating group) is 1. The van der Waals surface area contributed by atoms with Crippen LogP contribution in [0.2, 0.25) is 0 Å². The fourth-order valence-electron chi connectivity index (χ4n) is 3.71. The Bertz CT molecular complexity index is 972. The molecule has 0 saturated carbocycles. The van der Waals surface area contributed by atoms with Gasteiger partial charge in [-0.25, -0.2) is 13.1 Å². The number of carbonyl (C=O) groups excluding carboxylic acids is 1. The van der Waals surface area contributed by atoms with Crippen molar-refractivity contribution in [1.29, 1.82) is 0 Å². The maximum absolute atomic E-state index is 13.1. The number of likely N-dealkylation sites (tertiary alicyclic amines) is 1. The monoisotopic (exact) mass is 445 g/mol. The van der Waals surface area contributed by atoms with Crippen LogP contribution in [-0.2, 0) is 10.0 Å². The molecule has 1 aliphatic heterocycles. The summed E-state index contributed by atoms with van der Waals surface area (Å²) in [6, 6.07) is 14.2. The number of anilines is 1. The summed E-state index contributed by atoms with van der Waals surface area (Å²) >= 11 is 0. The van der Waals surface area contributed by atoms with Crippen molar-refractivity contribution in [1.82, 2.24) is 9.62 Å². The van der Waals surface area contributed by atoms with Crippen molar-refractivity contribution in [2.45, 2.75) is 30.6 Å². The number of hydrogen-bond acceptors (Lipinski definition) is 5.